The van der Waals surface area contributed by atoms with Gasteiger partial charge >= 0.3 is 5.97 Å². The molecular formula is C58H94FNO4. The molecule has 0 bridgehead atoms. The Morgan fingerprint density at radius 3 is 1.84 bits per heavy atom. The number of terminal acetylenes is 2. The van der Waals surface area contributed by atoms with E-state index in [9.17, 15) is 19.1 Å². The van der Waals surface area contributed by atoms with E-state index in [1.54, 1.807) is 24.6 Å². The van der Waals surface area contributed by atoms with Gasteiger partial charge in [0.25, 0.3) is 0 Å². The van der Waals surface area contributed by atoms with E-state index in [2.05, 4.69) is 100 Å². The fourth-order valence-electron chi connectivity index (χ4n) is 13.7. The Morgan fingerprint density at radius 1 is 0.812 bits per heavy atom. The molecule has 0 saturated heterocycles. The molecule has 362 valence electrons. The Labute approximate surface area is 393 Å². The number of carbonyl (C=O) groups excluding carboxylic acids is 1. The number of aliphatic carboxylic acids is 1. The van der Waals surface area contributed by atoms with Crippen LogP contribution >= 0.6 is 0 Å². The maximum atomic E-state index is 13.5. The maximum absolute atomic E-state index is 13.5. The highest BCUT2D eigenvalue weighted by molar-refractivity contribution is 6.00. The van der Waals surface area contributed by atoms with Gasteiger partial charge in [-0.1, -0.05) is 114 Å². The predicted octanol–water partition coefficient (Wildman–Crippen LogP) is 15.0. The smallest absolute Gasteiger partial charge is 0.313 e. The third-order valence-corrected chi connectivity index (χ3v) is 16.2. The Kier molecular flexibility index (Phi) is 23.4. The zero-order valence-corrected chi connectivity index (χ0v) is 43.8. The molecule has 4 fully saturated rings. The molecule has 1 N–H and O–H groups in total. The largest absolute Gasteiger partial charge is 0.494 e. The number of allylic oxidation sites excluding steroid dienone is 3. The molecule has 8 unspecified atom stereocenters. The van der Waals surface area contributed by atoms with Gasteiger partial charge in [0.2, 0.25) is 0 Å². The predicted molar refractivity (Wildman–Crippen MR) is 270 cm³/mol. The van der Waals surface area contributed by atoms with E-state index in [1.165, 1.54) is 94.0 Å². The summed E-state index contributed by atoms with van der Waals surface area (Å²) in [5, 5.41) is 9.55. The van der Waals surface area contributed by atoms with E-state index in [0.29, 0.717) is 52.6 Å². The molecule has 9 atom stereocenters. The molecule has 0 spiro atoms. The Hall–Kier alpha value is -3.35. The number of carboxylic acids is 1. The second-order valence-corrected chi connectivity index (χ2v) is 20.9. The Morgan fingerprint density at radius 2 is 1.38 bits per heavy atom. The second kappa shape index (κ2) is 25.5. The average Bonchev–Trinajstić information content (AvgIpc) is 3.56. The first-order valence-corrected chi connectivity index (χ1v) is 25.2. The van der Waals surface area contributed by atoms with Gasteiger partial charge in [0, 0.05) is 18.3 Å². The number of carboxylic acid groups (broad SMARTS) is 1. The number of rotatable bonds is 9. The molecule has 0 radical (unpaired) electrons. The molecule has 0 amide bonds. The molecule has 6 aliphatic rings. The lowest BCUT2D eigenvalue weighted by Gasteiger charge is -2.69. The first-order valence-electron chi connectivity index (χ1n) is 25.2. The molecule has 0 heterocycles. The number of halogens is 1. The van der Waals surface area contributed by atoms with Crippen molar-refractivity contribution in [1.82, 2.24) is 4.90 Å². The molecule has 1 aromatic carbocycles. The van der Waals surface area contributed by atoms with E-state index in [4.69, 9.17) is 4.74 Å². The van der Waals surface area contributed by atoms with Crippen LogP contribution in [-0.2, 0) is 20.7 Å². The minimum Gasteiger partial charge on any atom is -0.494 e. The standard InChI is InChI=1S/C37H56O4.C8H9F.C5H13N.2C2H6.2C2H2/c1-9-15-37-18-12-25-24(31(37)30(22(2)3)26(38)21-37)10-11-28-35(25,7)16-13-27-33(4,5)29(14-17-36(27,28)8)41-23-19-34(6,20-23)32(39)40;1-2-7-3-5-8(9)6-4-7;1-4-5-6(2)3;4*1-2/h19,22,24-25,27-29H,9-18,20-21H2,1-8H3,(H,39,40);3-6H,2H2,1H3;4-5H2,1-3H3;2*1-2H3;2*1-2H/t24?,25?,27-,28?,29?,34?,35?,36?,37?;;;;;;/m0....../s1. The van der Waals surface area contributed by atoms with Crippen LogP contribution in [0.2, 0.25) is 0 Å². The van der Waals surface area contributed by atoms with E-state index < -0.39 is 11.4 Å². The molecule has 6 aliphatic carbocycles. The highest BCUT2D eigenvalue weighted by Crippen LogP contribution is 2.73. The number of Topliss-reactive ketones (excluding diaryl/α,β-unsaturated/α-hetero) is 1. The highest BCUT2D eigenvalue weighted by Gasteiger charge is 2.66. The number of hydrogen-bond acceptors (Lipinski definition) is 4. The van der Waals surface area contributed by atoms with Gasteiger partial charge in [0.05, 0.1) is 11.2 Å². The van der Waals surface area contributed by atoms with Crippen molar-refractivity contribution in [3.05, 3.63) is 58.6 Å². The summed E-state index contributed by atoms with van der Waals surface area (Å²) in [5.41, 5.74) is 4.12. The topological polar surface area (TPSA) is 66.8 Å². The van der Waals surface area contributed by atoms with Crippen molar-refractivity contribution in [2.75, 3.05) is 20.6 Å². The summed E-state index contributed by atoms with van der Waals surface area (Å²) >= 11 is 0. The highest BCUT2D eigenvalue weighted by atomic mass is 19.1. The van der Waals surface area contributed by atoms with E-state index in [1.807, 2.05) is 40.7 Å². The van der Waals surface area contributed by atoms with Crippen molar-refractivity contribution in [3.63, 3.8) is 0 Å². The lowest BCUT2D eigenvalue weighted by Crippen LogP contribution is -2.62. The minimum absolute atomic E-state index is 0.0509. The number of fused-ring (bicyclic) bond motifs is 7. The number of benzene rings is 1. The normalized spacial score (nSPS) is 32.4. The lowest BCUT2D eigenvalue weighted by molar-refractivity contribution is -0.207. The number of ketones is 1. The zero-order valence-electron chi connectivity index (χ0n) is 43.8. The molecule has 5 nitrogen and oxygen atoms in total. The Bertz CT molecular complexity index is 1710. The molecule has 4 saturated carbocycles. The average molecular weight is 888 g/mol. The number of carbonyl (C=O) groups is 2. The van der Waals surface area contributed by atoms with Gasteiger partial charge in [-0.15, -0.1) is 25.7 Å². The maximum Gasteiger partial charge on any atom is 0.313 e. The SMILES string of the molecule is C#C.C#C.CC.CC.CCCC12CCC3C(CCC4C3(C)CC[C@H]3C(C)(C)C(OC5=CC(C)(C(=O)O)C5)CCC43C)C1=C(C(C)C)C(=O)C2.CCCN(C)C.CCc1ccc(F)cc1. The van der Waals surface area contributed by atoms with Crippen LogP contribution in [-0.4, -0.2) is 48.5 Å². The molecule has 0 aliphatic heterocycles. The summed E-state index contributed by atoms with van der Waals surface area (Å²) in [4.78, 5) is 27.3. The van der Waals surface area contributed by atoms with Gasteiger partial charge in [-0.3, -0.25) is 9.59 Å². The van der Waals surface area contributed by atoms with Crippen molar-refractivity contribution < 1.29 is 23.8 Å². The van der Waals surface area contributed by atoms with Gasteiger partial charge < -0.3 is 14.7 Å². The van der Waals surface area contributed by atoms with Crippen LogP contribution in [0.5, 0.6) is 0 Å². The van der Waals surface area contributed by atoms with Gasteiger partial charge in [-0.25, -0.2) is 4.39 Å². The second-order valence-electron chi connectivity index (χ2n) is 20.9. The van der Waals surface area contributed by atoms with Crippen LogP contribution in [0.4, 0.5) is 4.39 Å². The Balaban J connectivity index is 0.000000741. The van der Waals surface area contributed by atoms with E-state index >= 15 is 0 Å². The summed E-state index contributed by atoms with van der Waals surface area (Å²) < 4.78 is 18.8. The van der Waals surface area contributed by atoms with Gasteiger partial charge in [-0.2, -0.15) is 0 Å². The molecule has 6 heteroatoms. The summed E-state index contributed by atoms with van der Waals surface area (Å²) in [6.07, 6.45) is 33.7. The molecule has 1 aromatic rings. The number of aryl methyl sites for hydroxylation is 1. The van der Waals surface area contributed by atoms with Gasteiger partial charge in [0.15, 0.2) is 5.78 Å². The molecule has 7 rings (SSSR count). The van der Waals surface area contributed by atoms with Crippen LogP contribution in [0, 0.1) is 88.2 Å². The van der Waals surface area contributed by atoms with Crippen LogP contribution in [0.25, 0.3) is 0 Å². The van der Waals surface area contributed by atoms with Gasteiger partial charge in [-0.05, 0) is 173 Å². The minimum atomic E-state index is -0.766. The third kappa shape index (κ3) is 12.3. The summed E-state index contributed by atoms with van der Waals surface area (Å²) in [6, 6.07) is 6.57. The van der Waals surface area contributed by atoms with Crippen molar-refractivity contribution in [3.8, 4) is 25.7 Å². The van der Waals surface area contributed by atoms with E-state index in [-0.39, 0.29) is 22.8 Å². The van der Waals surface area contributed by atoms with Crippen LogP contribution in [0.3, 0.4) is 0 Å². The quantitative estimate of drug-likeness (QED) is 0.250. The van der Waals surface area contributed by atoms with Gasteiger partial charge in [0.1, 0.15) is 11.9 Å². The monoisotopic (exact) mass is 888 g/mol. The summed E-state index contributed by atoms with van der Waals surface area (Å²) in [7, 11) is 4.17. The van der Waals surface area contributed by atoms with Crippen molar-refractivity contribution >= 4 is 11.8 Å². The molecule has 64 heavy (non-hydrogen) atoms. The zero-order chi connectivity index (χ0) is 49.4. The van der Waals surface area contributed by atoms with Crippen molar-refractivity contribution in [2.24, 2.45) is 56.7 Å². The van der Waals surface area contributed by atoms with Crippen molar-refractivity contribution in [1.29, 1.82) is 0 Å². The number of ether oxygens (including phenoxy) is 1. The first-order chi connectivity index (χ1) is 30.2. The summed E-state index contributed by atoms with van der Waals surface area (Å²) in [5.74, 6) is 3.40. The van der Waals surface area contributed by atoms with Crippen LogP contribution < -0.4 is 0 Å². The fourth-order valence-corrected chi connectivity index (χ4v) is 13.7. The fraction of sp³-hybridized carbons (Fsp3) is 0.724. The molecular weight excluding hydrogens is 794 g/mol. The van der Waals surface area contributed by atoms with E-state index in [0.717, 1.165) is 25.0 Å². The number of hydrogen-bond donors (Lipinski definition) is 1. The first kappa shape index (κ1) is 58.7. The third-order valence-electron chi connectivity index (χ3n) is 16.2. The lowest BCUT2D eigenvalue weighted by atomic mass is 9.36. The van der Waals surface area contributed by atoms with Crippen LogP contribution in [0.15, 0.2) is 47.2 Å². The number of nitrogens with zero attached hydrogens (tertiary/aromatic N) is 1. The van der Waals surface area contributed by atoms with Crippen molar-refractivity contribution in [2.45, 2.75) is 193 Å². The molecule has 0 aromatic heterocycles. The summed E-state index contributed by atoms with van der Waals surface area (Å²) in [6.45, 7) is 32.2. The van der Waals surface area contributed by atoms with Crippen LogP contribution in [0.1, 0.15) is 186 Å².